The summed E-state index contributed by atoms with van der Waals surface area (Å²) in [6.07, 6.45) is 2.32. The van der Waals surface area contributed by atoms with Crippen LogP contribution in [0.4, 0.5) is 5.82 Å². The summed E-state index contributed by atoms with van der Waals surface area (Å²) in [5, 5.41) is 0.342. The summed E-state index contributed by atoms with van der Waals surface area (Å²) in [5.74, 6) is 0.132. The number of likely N-dealkylation sites (tertiary alicyclic amines) is 1. The maximum atomic E-state index is 12.4. The van der Waals surface area contributed by atoms with Gasteiger partial charge in [0.1, 0.15) is 11.5 Å². The Morgan fingerprint density at radius 3 is 3.05 bits per heavy atom. The molecule has 1 saturated heterocycles. The minimum atomic E-state index is -0.176. The Morgan fingerprint density at radius 1 is 1.60 bits per heavy atom. The standard InChI is InChI=1S/C14H21ClN4O/c1-3-19-8-4-5-10(19)9-18(2)14(20)13-11(15)6-7-12(16)17-13/h6-7,10H,3-5,8-9H2,1-2H3,(H2,16,17). The van der Waals surface area contributed by atoms with Gasteiger partial charge in [0.15, 0.2) is 0 Å². The van der Waals surface area contributed by atoms with Crippen molar-refractivity contribution in [3.05, 3.63) is 22.8 Å². The highest BCUT2D eigenvalue weighted by Gasteiger charge is 2.27. The molecule has 0 aromatic carbocycles. The number of rotatable bonds is 4. The van der Waals surface area contributed by atoms with Crippen molar-refractivity contribution in [2.45, 2.75) is 25.8 Å². The first-order valence-corrected chi connectivity index (χ1v) is 7.32. The molecule has 2 rings (SSSR count). The lowest BCUT2D eigenvalue weighted by Crippen LogP contribution is -2.41. The van der Waals surface area contributed by atoms with Crippen LogP contribution in [0.25, 0.3) is 0 Å². The molecule has 0 radical (unpaired) electrons. The molecule has 0 spiro atoms. The average Bonchev–Trinajstić information content (AvgIpc) is 2.87. The van der Waals surface area contributed by atoms with Crippen LogP contribution in [-0.4, -0.2) is 53.4 Å². The number of pyridine rings is 1. The zero-order valence-electron chi connectivity index (χ0n) is 12.0. The van der Waals surface area contributed by atoms with Crippen molar-refractivity contribution >= 4 is 23.3 Å². The molecule has 1 aromatic heterocycles. The molecule has 1 aliphatic heterocycles. The van der Waals surface area contributed by atoms with Gasteiger partial charge in [0.2, 0.25) is 0 Å². The number of hydrogen-bond donors (Lipinski definition) is 1. The molecule has 1 atom stereocenters. The molecule has 0 saturated carbocycles. The zero-order valence-corrected chi connectivity index (χ0v) is 12.7. The van der Waals surface area contributed by atoms with Gasteiger partial charge in [-0.3, -0.25) is 9.69 Å². The van der Waals surface area contributed by atoms with Crippen LogP contribution in [0, 0.1) is 0 Å². The molecule has 1 aliphatic rings. The maximum Gasteiger partial charge on any atom is 0.273 e. The number of hydrogen-bond acceptors (Lipinski definition) is 4. The summed E-state index contributed by atoms with van der Waals surface area (Å²) in [7, 11) is 1.79. The van der Waals surface area contributed by atoms with Crippen molar-refractivity contribution in [2.24, 2.45) is 0 Å². The number of carbonyl (C=O) groups is 1. The van der Waals surface area contributed by atoms with Gasteiger partial charge < -0.3 is 10.6 Å². The van der Waals surface area contributed by atoms with E-state index in [1.165, 1.54) is 6.42 Å². The third-order valence-electron chi connectivity index (χ3n) is 3.81. The third-order valence-corrected chi connectivity index (χ3v) is 4.11. The van der Waals surface area contributed by atoms with Crippen molar-refractivity contribution in [3.8, 4) is 0 Å². The molecule has 1 amide bonds. The maximum absolute atomic E-state index is 12.4. The predicted molar refractivity (Wildman–Crippen MR) is 80.9 cm³/mol. The number of aromatic nitrogens is 1. The fourth-order valence-corrected chi connectivity index (χ4v) is 2.89. The molecule has 1 unspecified atom stereocenters. The lowest BCUT2D eigenvalue weighted by molar-refractivity contribution is 0.0749. The number of carbonyl (C=O) groups excluding carboxylic acids is 1. The second-order valence-electron chi connectivity index (χ2n) is 5.18. The van der Waals surface area contributed by atoms with Crippen LogP contribution >= 0.6 is 11.6 Å². The molecule has 1 fully saturated rings. The van der Waals surface area contributed by atoms with Crippen LogP contribution < -0.4 is 5.73 Å². The Bertz CT molecular complexity index is 494. The van der Waals surface area contributed by atoms with Gasteiger partial charge in [-0.05, 0) is 38.1 Å². The normalized spacial score (nSPS) is 19.2. The number of halogens is 1. The van der Waals surface area contributed by atoms with Gasteiger partial charge in [0.25, 0.3) is 5.91 Å². The quantitative estimate of drug-likeness (QED) is 0.921. The van der Waals surface area contributed by atoms with Crippen molar-refractivity contribution in [1.82, 2.24) is 14.8 Å². The number of amides is 1. The predicted octanol–water partition coefficient (Wildman–Crippen LogP) is 1.87. The fraction of sp³-hybridized carbons (Fsp3) is 0.571. The lowest BCUT2D eigenvalue weighted by atomic mass is 10.2. The van der Waals surface area contributed by atoms with Crippen LogP contribution in [0.1, 0.15) is 30.3 Å². The van der Waals surface area contributed by atoms with Gasteiger partial charge in [0, 0.05) is 19.6 Å². The number of nitrogens with zero attached hydrogens (tertiary/aromatic N) is 3. The summed E-state index contributed by atoms with van der Waals surface area (Å²) in [5.41, 5.74) is 5.86. The molecule has 5 nitrogen and oxygen atoms in total. The van der Waals surface area contributed by atoms with Gasteiger partial charge in [0.05, 0.1) is 5.02 Å². The summed E-state index contributed by atoms with van der Waals surface area (Å²) in [6, 6.07) is 3.63. The molecule has 1 aromatic rings. The van der Waals surface area contributed by atoms with Crippen molar-refractivity contribution in [2.75, 3.05) is 32.4 Å². The average molecular weight is 297 g/mol. The first kappa shape index (κ1) is 15.1. The van der Waals surface area contributed by atoms with Gasteiger partial charge >= 0.3 is 0 Å². The molecule has 2 heterocycles. The van der Waals surface area contributed by atoms with E-state index < -0.39 is 0 Å². The molecule has 0 bridgehead atoms. The molecule has 2 N–H and O–H groups in total. The first-order valence-electron chi connectivity index (χ1n) is 6.94. The van der Waals surface area contributed by atoms with Gasteiger partial charge in [-0.2, -0.15) is 0 Å². The number of likely N-dealkylation sites (N-methyl/N-ethyl adjacent to an activating group) is 2. The van der Waals surface area contributed by atoms with Crippen LogP contribution in [0.5, 0.6) is 0 Å². The minimum Gasteiger partial charge on any atom is -0.384 e. The van der Waals surface area contributed by atoms with E-state index in [1.807, 2.05) is 0 Å². The Balaban J connectivity index is 2.07. The monoisotopic (exact) mass is 296 g/mol. The molecule has 110 valence electrons. The smallest absolute Gasteiger partial charge is 0.273 e. The highest BCUT2D eigenvalue weighted by atomic mass is 35.5. The van der Waals surface area contributed by atoms with E-state index in [-0.39, 0.29) is 11.6 Å². The molecular weight excluding hydrogens is 276 g/mol. The van der Waals surface area contributed by atoms with E-state index in [9.17, 15) is 4.79 Å². The van der Waals surface area contributed by atoms with Gasteiger partial charge in [-0.1, -0.05) is 18.5 Å². The van der Waals surface area contributed by atoms with Crippen LogP contribution in [0.15, 0.2) is 12.1 Å². The van der Waals surface area contributed by atoms with Crippen molar-refractivity contribution in [1.29, 1.82) is 0 Å². The highest BCUT2D eigenvalue weighted by molar-refractivity contribution is 6.33. The van der Waals surface area contributed by atoms with Crippen molar-refractivity contribution < 1.29 is 4.79 Å². The largest absolute Gasteiger partial charge is 0.384 e. The molecule has 6 heteroatoms. The highest BCUT2D eigenvalue weighted by Crippen LogP contribution is 2.20. The Labute approximate surface area is 124 Å². The lowest BCUT2D eigenvalue weighted by Gasteiger charge is -2.27. The Kier molecular flexibility index (Phi) is 4.83. The SMILES string of the molecule is CCN1CCCC1CN(C)C(=O)c1nc(N)ccc1Cl. The summed E-state index contributed by atoms with van der Waals surface area (Å²) in [4.78, 5) is 20.5. The van der Waals surface area contributed by atoms with E-state index >= 15 is 0 Å². The second kappa shape index (κ2) is 6.41. The Morgan fingerprint density at radius 2 is 2.35 bits per heavy atom. The number of nitrogen functional groups attached to an aromatic ring is 1. The van der Waals surface area contributed by atoms with Crippen LogP contribution in [-0.2, 0) is 0 Å². The number of anilines is 1. The van der Waals surface area contributed by atoms with E-state index in [2.05, 4.69) is 16.8 Å². The summed E-state index contributed by atoms with van der Waals surface area (Å²) < 4.78 is 0. The Hall–Kier alpha value is -1.33. The van der Waals surface area contributed by atoms with Gasteiger partial charge in [-0.15, -0.1) is 0 Å². The van der Waals surface area contributed by atoms with Crippen LogP contribution in [0.3, 0.4) is 0 Å². The molecule has 0 aliphatic carbocycles. The van der Waals surface area contributed by atoms with Crippen molar-refractivity contribution in [3.63, 3.8) is 0 Å². The molecule has 20 heavy (non-hydrogen) atoms. The number of nitrogens with two attached hydrogens (primary N) is 1. The van der Waals surface area contributed by atoms with E-state index in [0.717, 1.165) is 19.5 Å². The van der Waals surface area contributed by atoms with Gasteiger partial charge in [-0.25, -0.2) is 4.98 Å². The first-order chi connectivity index (χ1) is 9.52. The molecular formula is C14H21ClN4O. The van der Waals surface area contributed by atoms with E-state index in [1.54, 1.807) is 24.1 Å². The minimum absolute atomic E-state index is 0.176. The second-order valence-corrected chi connectivity index (χ2v) is 5.58. The fourth-order valence-electron chi connectivity index (χ4n) is 2.71. The van der Waals surface area contributed by atoms with E-state index in [4.69, 9.17) is 17.3 Å². The van der Waals surface area contributed by atoms with Crippen LogP contribution in [0.2, 0.25) is 5.02 Å². The summed E-state index contributed by atoms with van der Waals surface area (Å²) in [6.45, 7) is 4.97. The summed E-state index contributed by atoms with van der Waals surface area (Å²) >= 11 is 6.03. The third kappa shape index (κ3) is 3.22. The zero-order chi connectivity index (χ0) is 14.7. The topological polar surface area (TPSA) is 62.5 Å². The van der Waals surface area contributed by atoms with E-state index in [0.29, 0.717) is 23.4 Å².